The molecule has 0 saturated heterocycles. The number of thiophene rings is 1. The highest BCUT2D eigenvalue weighted by Gasteiger charge is 1.84. The van der Waals surface area contributed by atoms with Crippen LogP contribution in [0.25, 0.3) is 12.3 Å². The number of rotatable bonds is 0. The lowest BCUT2D eigenvalue weighted by Crippen LogP contribution is -2.16. The van der Waals surface area contributed by atoms with E-state index in [0.717, 1.165) is 0 Å². The molecule has 1 aromatic rings. The van der Waals surface area contributed by atoms with Crippen molar-refractivity contribution in [2.75, 3.05) is 0 Å². The Morgan fingerprint density at radius 2 is 2.27 bits per heavy atom. The molecule has 0 aromatic carbocycles. The summed E-state index contributed by atoms with van der Waals surface area (Å²) in [7, 11) is 0. The second-order valence-electron chi connectivity index (χ2n) is 2.22. The van der Waals surface area contributed by atoms with Crippen molar-refractivity contribution in [3.63, 3.8) is 0 Å². The summed E-state index contributed by atoms with van der Waals surface area (Å²) in [4.78, 5) is 4.09. The van der Waals surface area contributed by atoms with Gasteiger partial charge in [-0.15, -0.1) is 11.3 Å². The molecule has 1 nitrogen and oxygen atoms in total. The molecule has 0 bridgehead atoms. The highest BCUT2D eigenvalue weighted by molar-refractivity contribution is 7.07. The molecule has 0 spiro atoms. The molecule has 0 N–H and O–H groups in total. The van der Waals surface area contributed by atoms with Crippen LogP contribution in [-0.4, -0.2) is 6.21 Å². The Hall–Kier alpha value is -1.15. The van der Waals surface area contributed by atoms with Crippen LogP contribution in [0.15, 0.2) is 28.6 Å². The van der Waals surface area contributed by atoms with E-state index < -0.39 is 0 Å². The maximum atomic E-state index is 4.09. The molecule has 1 aliphatic rings. The van der Waals surface area contributed by atoms with Crippen LogP contribution in [0.3, 0.4) is 0 Å². The fourth-order valence-electron chi connectivity index (χ4n) is 0.939. The minimum atomic E-state index is 1.20. The van der Waals surface area contributed by atoms with Gasteiger partial charge in [-0.1, -0.05) is 6.08 Å². The van der Waals surface area contributed by atoms with Crippen LogP contribution in [0.1, 0.15) is 0 Å². The third-order valence-corrected chi connectivity index (χ3v) is 2.37. The van der Waals surface area contributed by atoms with Crippen molar-refractivity contribution in [3.05, 3.63) is 33.3 Å². The summed E-state index contributed by atoms with van der Waals surface area (Å²) in [6, 6.07) is 2.08. The fraction of sp³-hybridized carbons (Fsp3) is 0. The van der Waals surface area contributed by atoms with Crippen LogP contribution < -0.4 is 9.75 Å². The first kappa shape index (κ1) is 6.55. The van der Waals surface area contributed by atoms with E-state index in [2.05, 4.69) is 22.5 Å². The summed E-state index contributed by atoms with van der Waals surface area (Å²) in [6.07, 6.45) is 9.70. The second kappa shape index (κ2) is 2.84. The van der Waals surface area contributed by atoms with Gasteiger partial charge in [-0.3, -0.25) is 4.99 Å². The maximum absolute atomic E-state index is 4.09. The molecule has 0 aliphatic carbocycles. The van der Waals surface area contributed by atoms with Gasteiger partial charge in [0, 0.05) is 22.2 Å². The predicted molar refractivity (Wildman–Crippen MR) is 50.1 cm³/mol. The minimum absolute atomic E-state index is 1.20. The molecule has 0 amide bonds. The van der Waals surface area contributed by atoms with Crippen molar-refractivity contribution in [1.29, 1.82) is 0 Å². The molecule has 0 fully saturated rings. The molecule has 0 radical (unpaired) electrons. The van der Waals surface area contributed by atoms with E-state index in [0.29, 0.717) is 0 Å². The van der Waals surface area contributed by atoms with E-state index in [1.54, 1.807) is 17.6 Å². The zero-order valence-electron chi connectivity index (χ0n) is 5.90. The Kier molecular flexibility index (Phi) is 1.69. The van der Waals surface area contributed by atoms with Gasteiger partial charge in [0.2, 0.25) is 0 Å². The van der Waals surface area contributed by atoms with Gasteiger partial charge in [-0.05, 0) is 23.6 Å². The molecule has 2 rings (SSSR count). The van der Waals surface area contributed by atoms with Gasteiger partial charge in [-0.2, -0.15) is 0 Å². The van der Waals surface area contributed by atoms with Crippen LogP contribution in [0.4, 0.5) is 0 Å². The summed E-state index contributed by atoms with van der Waals surface area (Å²) < 4.78 is 1.28. The van der Waals surface area contributed by atoms with Crippen LogP contribution in [0.5, 0.6) is 0 Å². The van der Waals surface area contributed by atoms with Gasteiger partial charge in [0.05, 0.1) is 0 Å². The first-order valence-electron chi connectivity index (χ1n) is 3.41. The van der Waals surface area contributed by atoms with Crippen molar-refractivity contribution in [1.82, 2.24) is 0 Å². The van der Waals surface area contributed by atoms with Crippen molar-refractivity contribution in [2.45, 2.75) is 0 Å². The number of allylic oxidation sites excluding steroid dienone is 2. The van der Waals surface area contributed by atoms with Gasteiger partial charge in [0.15, 0.2) is 0 Å². The van der Waals surface area contributed by atoms with E-state index in [4.69, 9.17) is 0 Å². The molecule has 1 aromatic heterocycles. The largest absolute Gasteiger partial charge is 0.264 e. The maximum Gasteiger partial charge on any atom is 0.0358 e. The SMILES string of the molecule is C1=C\C=c2\scc\c2=C\N=C/1. The van der Waals surface area contributed by atoms with Crippen molar-refractivity contribution < 1.29 is 0 Å². The average molecular weight is 161 g/mol. The lowest BCUT2D eigenvalue weighted by molar-refractivity contribution is 1.62. The first-order chi connectivity index (χ1) is 5.47. The number of nitrogens with zero attached hydrogens (tertiary/aromatic N) is 1. The average Bonchev–Trinajstić information content (AvgIpc) is 2.35. The second-order valence-corrected chi connectivity index (χ2v) is 3.17. The third kappa shape index (κ3) is 1.30. The molecular weight excluding hydrogens is 154 g/mol. The first-order valence-corrected chi connectivity index (χ1v) is 4.29. The van der Waals surface area contributed by atoms with Gasteiger partial charge in [0.25, 0.3) is 0 Å². The van der Waals surface area contributed by atoms with Crippen LogP contribution in [0.2, 0.25) is 0 Å². The van der Waals surface area contributed by atoms with Crippen LogP contribution in [0, 0.1) is 0 Å². The topological polar surface area (TPSA) is 12.4 Å². The zero-order valence-corrected chi connectivity index (χ0v) is 6.71. The van der Waals surface area contributed by atoms with Gasteiger partial charge >= 0.3 is 0 Å². The summed E-state index contributed by atoms with van der Waals surface area (Å²) in [5, 5.41) is 3.28. The third-order valence-electron chi connectivity index (χ3n) is 1.47. The number of fused-ring (bicyclic) bond motifs is 1. The van der Waals surface area contributed by atoms with Gasteiger partial charge < -0.3 is 0 Å². The normalized spacial score (nSPS) is 26.2. The van der Waals surface area contributed by atoms with Gasteiger partial charge in [-0.25, -0.2) is 0 Å². The summed E-state index contributed by atoms with van der Waals surface area (Å²) >= 11 is 1.74. The van der Waals surface area contributed by atoms with E-state index in [-0.39, 0.29) is 0 Å². The Bertz CT molecular complexity index is 371. The van der Waals surface area contributed by atoms with Crippen molar-refractivity contribution in [2.24, 2.45) is 4.99 Å². The predicted octanol–water partition coefficient (Wildman–Crippen LogP) is 0.907. The molecular formula is C9H7NS. The monoisotopic (exact) mass is 161 g/mol. The molecule has 1 aliphatic heterocycles. The van der Waals surface area contributed by atoms with E-state index in [9.17, 15) is 0 Å². The fourth-order valence-corrected chi connectivity index (χ4v) is 1.71. The standard InChI is InChI=1S/C9H7NS/c1-2-5-10-7-8-4-6-11-9(8)3-1/h1-7H/b2-1-,3-1?,5-2?,8-7-,9-3+,10-5-,10-7?. The summed E-state index contributed by atoms with van der Waals surface area (Å²) in [5.74, 6) is 0. The van der Waals surface area contributed by atoms with Crippen LogP contribution >= 0.6 is 11.3 Å². The van der Waals surface area contributed by atoms with E-state index >= 15 is 0 Å². The quantitative estimate of drug-likeness (QED) is 0.536. The lowest BCUT2D eigenvalue weighted by Gasteiger charge is -1.80. The zero-order chi connectivity index (χ0) is 7.52. The summed E-state index contributed by atoms with van der Waals surface area (Å²) in [5.41, 5.74) is 0. The number of hydrogen-bond donors (Lipinski definition) is 0. The highest BCUT2D eigenvalue weighted by Crippen LogP contribution is 1.85. The number of hydrogen-bond acceptors (Lipinski definition) is 2. The van der Waals surface area contributed by atoms with Crippen molar-refractivity contribution >= 4 is 29.8 Å². The van der Waals surface area contributed by atoms with Gasteiger partial charge in [0.1, 0.15) is 0 Å². The van der Waals surface area contributed by atoms with E-state index in [1.165, 1.54) is 9.75 Å². The highest BCUT2D eigenvalue weighted by atomic mass is 32.1. The number of aliphatic imine (C=N–C) groups is 1. The molecule has 0 unspecified atom stereocenters. The van der Waals surface area contributed by atoms with Crippen molar-refractivity contribution in [3.8, 4) is 0 Å². The summed E-state index contributed by atoms with van der Waals surface area (Å²) in [6.45, 7) is 0. The smallest absolute Gasteiger partial charge is 0.0358 e. The van der Waals surface area contributed by atoms with Crippen LogP contribution in [-0.2, 0) is 0 Å². The Morgan fingerprint density at radius 3 is 3.27 bits per heavy atom. The molecule has 0 atom stereocenters. The molecule has 2 heterocycles. The Labute approximate surface area is 68.7 Å². The molecule has 11 heavy (non-hydrogen) atoms. The molecule has 54 valence electrons. The Morgan fingerprint density at radius 1 is 1.27 bits per heavy atom. The lowest BCUT2D eigenvalue weighted by atomic mass is 10.4. The van der Waals surface area contributed by atoms with E-state index in [1.807, 2.05) is 18.4 Å². The minimum Gasteiger partial charge on any atom is -0.264 e. The molecule has 2 heteroatoms. The Balaban J connectivity index is 2.80. The molecule has 0 saturated carbocycles.